The van der Waals surface area contributed by atoms with Crippen molar-refractivity contribution in [3.05, 3.63) is 53.6 Å². The van der Waals surface area contributed by atoms with Gasteiger partial charge in [0.15, 0.2) is 11.0 Å². The van der Waals surface area contributed by atoms with Gasteiger partial charge in [-0.25, -0.2) is 0 Å². The second kappa shape index (κ2) is 12.6. The van der Waals surface area contributed by atoms with Gasteiger partial charge >= 0.3 is 0 Å². The summed E-state index contributed by atoms with van der Waals surface area (Å²) in [7, 11) is 0. The second-order valence-corrected chi connectivity index (χ2v) is 8.44. The molecule has 0 fully saturated rings. The predicted octanol–water partition coefficient (Wildman–Crippen LogP) is 4.73. The Morgan fingerprint density at radius 3 is 2.44 bits per heavy atom. The van der Waals surface area contributed by atoms with E-state index in [0.717, 1.165) is 17.0 Å². The molecule has 0 radical (unpaired) electrons. The zero-order chi connectivity index (χ0) is 24.3. The largest absolute Gasteiger partial charge is 0.494 e. The lowest BCUT2D eigenvalue weighted by Gasteiger charge is -2.20. The summed E-state index contributed by atoms with van der Waals surface area (Å²) < 4.78 is 7.42. The van der Waals surface area contributed by atoms with E-state index in [0.29, 0.717) is 22.6 Å². The molecule has 10 heteroatoms. The van der Waals surface area contributed by atoms with Gasteiger partial charge in [-0.05, 0) is 43.3 Å². The van der Waals surface area contributed by atoms with Crippen LogP contribution in [0.4, 0.5) is 0 Å². The smallest absolute Gasteiger partial charge is 0.233 e. The van der Waals surface area contributed by atoms with E-state index in [1.165, 1.54) is 16.7 Å². The maximum Gasteiger partial charge on any atom is 0.233 e. The number of aromatic nitrogens is 3. The molecule has 34 heavy (non-hydrogen) atoms. The van der Waals surface area contributed by atoms with Crippen LogP contribution in [0, 0.1) is 22.7 Å². The summed E-state index contributed by atoms with van der Waals surface area (Å²) in [6.07, 6.45) is 0.423. The molecule has 3 aromatic rings. The normalized spacial score (nSPS) is 10.4. The first-order chi connectivity index (χ1) is 16.6. The Hall–Kier alpha value is -3.53. The van der Waals surface area contributed by atoms with Crippen molar-refractivity contribution >= 4 is 29.3 Å². The third kappa shape index (κ3) is 6.50. The van der Waals surface area contributed by atoms with Gasteiger partial charge in [0.25, 0.3) is 0 Å². The summed E-state index contributed by atoms with van der Waals surface area (Å²) in [5, 5.41) is 27.6. The van der Waals surface area contributed by atoms with Crippen LogP contribution in [0.5, 0.6) is 5.75 Å². The summed E-state index contributed by atoms with van der Waals surface area (Å²) in [4.78, 5) is 14.3. The number of nitriles is 2. The van der Waals surface area contributed by atoms with Crippen molar-refractivity contribution in [3.63, 3.8) is 0 Å². The van der Waals surface area contributed by atoms with Gasteiger partial charge < -0.3 is 9.64 Å². The van der Waals surface area contributed by atoms with Gasteiger partial charge in [-0.3, -0.25) is 9.36 Å². The number of amides is 1. The quantitative estimate of drug-likeness (QED) is 0.354. The van der Waals surface area contributed by atoms with Crippen molar-refractivity contribution in [3.8, 4) is 35.0 Å². The Balaban J connectivity index is 1.90. The zero-order valence-corrected chi connectivity index (χ0v) is 20.2. The number of hydrogen-bond acceptors (Lipinski definition) is 7. The van der Waals surface area contributed by atoms with Gasteiger partial charge in [0.2, 0.25) is 5.91 Å². The molecule has 3 rings (SSSR count). The van der Waals surface area contributed by atoms with Gasteiger partial charge in [-0.2, -0.15) is 10.5 Å². The number of rotatable bonds is 11. The van der Waals surface area contributed by atoms with E-state index in [2.05, 4.69) is 10.2 Å². The fraction of sp³-hybridized carbons (Fsp3) is 0.292. The molecule has 0 spiro atoms. The number of carbonyl (C=O) groups is 1. The second-order valence-electron chi connectivity index (χ2n) is 7.06. The van der Waals surface area contributed by atoms with Crippen molar-refractivity contribution in [1.82, 2.24) is 19.7 Å². The fourth-order valence-electron chi connectivity index (χ4n) is 3.22. The van der Waals surface area contributed by atoms with Gasteiger partial charge in [0.1, 0.15) is 5.75 Å². The van der Waals surface area contributed by atoms with E-state index in [-0.39, 0.29) is 37.6 Å². The minimum absolute atomic E-state index is 0.0988. The van der Waals surface area contributed by atoms with Crippen LogP contribution in [0.15, 0.2) is 53.7 Å². The minimum atomic E-state index is -0.166. The van der Waals surface area contributed by atoms with Gasteiger partial charge in [-0.15, -0.1) is 10.2 Å². The highest BCUT2D eigenvalue weighted by Gasteiger charge is 2.20. The summed E-state index contributed by atoms with van der Waals surface area (Å²) >= 11 is 7.45. The lowest BCUT2D eigenvalue weighted by molar-refractivity contribution is -0.128. The van der Waals surface area contributed by atoms with Crippen molar-refractivity contribution in [2.75, 3.05) is 25.4 Å². The van der Waals surface area contributed by atoms with Crippen LogP contribution in [-0.2, 0) is 4.79 Å². The van der Waals surface area contributed by atoms with Crippen LogP contribution in [0.1, 0.15) is 19.8 Å². The third-order valence-corrected chi connectivity index (χ3v) is 5.94. The Bertz CT molecular complexity index is 1180. The maximum absolute atomic E-state index is 12.8. The van der Waals surface area contributed by atoms with Crippen molar-refractivity contribution < 1.29 is 9.53 Å². The summed E-state index contributed by atoms with van der Waals surface area (Å²) in [6, 6.07) is 19.0. The Kier molecular flexibility index (Phi) is 9.33. The van der Waals surface area contributed by atoms with Gasteiger partial charge in [-0.1, -0.05) is 35.5 Å². The standard InChI is InChI=1S/C24H23ClN6O2S/c1-2-33-21-10-8-20(9-11-21)31-23(18-6-3-7-19(25)16-18)28-29-24(31)34-17-22(32)30(14-4-12-26)15-5-13-27/h3,6-11,16H,2,4-5,14-15,17H2,1H3. The SMILES string of the molecule is CCOc1ccc(-n2c(SCC(=O)N(CCC#N)CCC#N)nnc2-c2cccc(Cl)c2)cc1. The first kappa shape index (κ1) is 25.1. The summed E-state index contributed by atoms with van der Waals surface area (Å²) in [5.41, 5.74) is 1.60. The average Bonchev–Trinajstić information content (AvgIpc) is 3.27. The minimum Gasteiger partial charge on any atom is -0.494 e. The predicted molar refractivity (Wildman–Crippen MR) is 131 cm³/mol. The number of carbonyl (C=O) groups excluding carboxylic acids is 1. The molecule has 0 unspecified atom stereocenters. The highest BCUT2D eigenvalue weighted by Crippen LogP contribution is 2.30. The highest BCUT2D eigenvalue weighted by atomic mass is 35.5. The molecule has 174 valence electrons. The number of benzene rings is 2. The molecule has 0 saturated carbocycles. The van der Waals surface area contributed by atoms with Crippen molar-refractivity contribution in [2.45, 2.75) is 24.9 Å². The number of halogens is 1. The Morgan fingerprint density at radius 2 is 1.82 bits per heavy atom. The summed E-state index contributed by atoms with van der Waals surface area (Å²) in [5.74, 6) is 1.27. The Morgan fingerprint density at radius 1 is 1.12 bits per heavy atom. The molecule has 2 aromatic carbocycles. The van der Waals surface area contributed by atoms with Crippen molar-refractivity contribution in [2.24, 2.45) is 0 Å². The molecule has 1 amide bonds. The third-order valence-electron chi connectivity index (χ3n) is 4.79. The molecule has 0 aliphatic carbocycles. The lowest BCUT2D eigenvalue weighted by Crippen LogP contribution is -2.34. The number of thioether (sulfide) groups is 1. The van der Waals surface area contributed by atoms with E-state index in [1.54, 1.807) is 6.07 Å². The van der Waals surface area contributed by atoms with E-state index >= 15 is 0 Å². The van der Waals surface area contributed by atoms with Crippen LogP contribution in [-0.4, -0.2) is 51.0 Å². The van der Waals surface area contributed by atoms with Crippen LogP contribution >= 0.6 is 23.4 Å². The van der Waals surface area contributed by atoms with Crippen LogP contribution < -0.4 is 4.74 Å². The average molecular weight is 495 g/mol. The van der Waals surface area contributed by atoms with E-state index in [9.17, 15) is 4.79 Å². The zero-order valence-electron chi connectivity index (χ0n) is 18.6. The van der Waals surface area contributed by atoms with Crippen LogP contribution in [0.2, 0.25) is 5.02 Å². The molecule has 0 bridgehead atoms. The van der Waals surface area contributed by atoms with Crippen molar-refractivity contribution in [1.29, 1.82) is 10.5 Å². The van der Waals surface area contributed by atoms with E-state index in [4.69, 9.17) is 26.9 Å². The first-order valence-electron chi connectivity index (χ1n) is 10.7. The topological polar surface area (TPSA) is 108 Å². The molecular weight excluding hydrogens is 472 g/mol. The molecule has 0 aliphatic rings. The maximum atomic E-state index is 12.8. The lowest BCUT2D eigenvalue weighted by atomic mass is 10.2. The molecule has 8 nitrogen and oxygen atoms in total. The molecule has 1 aromatic heterocycles. The molecule has 0 aliphatic heterocycles. The number of nitrogens with zero attached hydrogens (tertiary/aromatic N) is 6. The van der Waals surface area contributed by atoms with E-state index in [1.807, 2.05) is 66.1 Å². The van der Waals surface area contributed by atoms with Crippen LogP contribution in [0.3, 0.4) is 0 Å². The molecule has 0 atom stereocenters. The van der Waals surface area contributed by atoms with E-state index < -0.39 is 0 Å². The first-order valence-corrected chi connectivity index (χ1v) is 12.0. The monoisotopic (exact) mass is 494 g/mol. The van der Waals surface area contributed by atoms with Gasteiger partial charge in [0, 0.05) is 29.4 Å². The fourth-order valence-corrected chi connectivity index (χ4v) is 4.26. The molecule has 1 heterocycles. The summed E-state index contributed by atoms with van der Waals surface area (Å²) in [6.45, 7) is 3.07. The Labute approximate surface area is 207 Å². The number of ether oxygens (including phenoxy) is 1. The highest BCUT2D eigenvalue weighted by molar-refractivity contribution is 7.99. The molecule has 0 saturated heterocycles. The number of hydrogen-bond donors (Lipinski definition) is 0. The van der Waals surface area contributed by atoms with Crippen LogP contribution in [0.25, 0.3) is 17.1 Å². The van der Waals surface area contributed by atoms with Gasteiger partial charge in [0.05, 0.1) is 37.3 Å². The molecular formula is C24H23ClN6O2S. The molecule has 0 N–H and O–H groups in total.